The van der Waals surface area contributed by atoms with Crippen LogP contribution >= 0.6 is 0 Å². The molecule has 3 aromatic rings. The van der Waals surface area contributed by atoms with Gasteiger partial charge in [-0.1, -0.05) is 0 Å². The molecule has 246 valence electrons. The highest BCUT2D eigenvalue weighted by Gasteiger charge is 2.34. The van der Waals surface area contributed by atoms with Crippen molar-refractivity contribution in [2.24, 2.45) is 0 Å². The highest BCUT2D eigenvalue weighted by molar-refractivity contribution is 6.09. The van der Waals surface area contributed by atoms with Gasteiger partial charge in [-0.3, -0.25) is 19.1 Å². The molecule has 2 amide bonds. The number of aromatic nitrogens is 2. The second kappa shape index (κ2) is 13.1. The summed E-state index contributed by atoms with van der Waals surface area (Å²) in [4.78, 5) is 41.6. The van der Waals surface area contributed by atoms with Crippen molar-refractivity contribution in [3.8, 4) is 0 Å². The highest BCUT2D eigenvalue weighted by atomic mass is 19.4. The van der Waals surface area contributed by atoms with E-state index in [4.69, 9.17) is 4.74 Å². The number of anilines is 3. The summed E-state index contributed by atoms with van der Waals surface area (Å²) in [6.45, 7) is 5.28. The fourth-order valence-corrected chi connectivity index (χ4v) is 5.50. The topological polar surface area (TPSA) is 106 Å². The maximum atomic E-state index is 14.1. The highest BCUT2D eigenvalue weighted by Crippen LogP contribution is 2.42. The first kappa shape index (κ1) is 33.0. The fraction of sp³-hybridized carbons (Fsp3) is 0.455. The van der Waals surface area contributed by atoms with Crippen molar-refractivity contribution in [1.29, 1.82) is 0 Å². The Morgan fingerprint density at radius 2 is 1.63 bits per heavy atom. The third kappa shape index (κ3) is 8.64. The minimum atomic E-state index is -4.50. The number of carbonyl (C=O) groups excluding carboxylic acids is 3. The minimum absolute atomic E-state index is 0.0352. The van der Waals surface area contributed by atoms with E-state index < -0.39 is 41.9 Å². The lowest BCUT2D eigenvalue weighted by Gasteiger charge is -2.30. The van der Waals surface area contributed by atoms with Gasteiger partial charge in [-0.2, -0.15) is 18.3 Å². The van der Waals surface area contributed by atoms with E-state index in [1.807, 2.05) is 0 Å². The lowest BCUT2D eigenvalue weighted by molar-refractivity contribution is -0.154. The second-order valence-corrected chi connectivity index (χ2v) is 12.8. The lowest BCUT2D eigenvalue weighted by Crippen LogP contribution is -2.30. The molecule has 0 atom stereocenters. The van der Waals surface area contributed by atoms with Crippen LogP contribution < -0.4 is 15.5 Å². The van der Waals surface area contributed by atoms with Crippen LogP contribution in [0.3, 0.4) is 0 Å². The molecule has 2 aromatic carbocycles. The van der Waals surface area contributed by atoms with Crippen LogP contribution in [0.25, 0.3) is 0 Å². The van der Waals surface area contributed by atoms with Gasteiger partial charge in [-0.05, 0) is 101 Å². The Labute approximate surface area is 264 Å². The predicted octanol–water partition coefficient (Wildman–Crippen LogP) is 6.84. The molecule has 2 aliphatic rings. The molecule has 2 fully saturated rings. The number of nitrogens with zero attached hydrogens (tertiary/aromatic N) is 3. The summed E-state index contributed by atoms with van der Waals surface area (Å²) in [7, 11) is 0. The Bertz CT molecular complexity index is 1620. The normalized spacial score (nSPS) is 15.4. The number of hydrogen-bond donors (Lipinski definition) is 2. The number of benzene rings is 2. The smallest absolute Gasteiger partial charge is 0.408 e. The zero-order chi connectivity index (χ0) is 33.2. The van der Waals surface area contributed by atoms with Crippen LogP contribution in [-0.2, 0) is 22.5 Å². The first-order chi connectivity index (χ1) is 21.6. The van der Waals surface area contributed by atoms with Gasteiger partial charge in [-0.15, -0.1) is 0 Å². The van der Waals surface area contributed by atoms with Crippen molar-refractivity contribution < 1.29 is 36.7 Å². The molecule has 0 radical (unpaired) electrons. The molecule has 0 unspecified atom stereocenters. The number of piperidine rings is 1. The van der Waals surface area contributed by atoms with Crippen molar-refractivity contribution in [2.45, 2.75) is 83.5 Å². The van der Waals surface area contributed by atoms with Crippen LogP contribution in [0.4, 0.5) is 34.6 Å². The van der Waals surface area contributed by atoms with E-state index in [-0.39, 0.29) is 34.8 Å². The second-order valence-electron chi connectivity index (χ2n) is 12.8. The molecule has 1 aromatic heterocycles. The van der Waals surface area contributed by atoms with Crippen LogP contribution in [0.1, 0.15) is 90.8 Å². The van der Waals surface area contributed by atoms with Crippen molar-refractivity contribution >= 4 is 34.8 Å². The molecule has 5 rings (SSSR count). The molecule has 0 bridgehead atoms. The number of alkyl halides is 3. The van der Waals surface area contributed by atoms with Crippen LogP contribution in [-0.4, -0.2) is 52.4 Å². The standard InChI is InChI=1S/C33H37F4N5O4/c1-32(2,3)46-28(43)17-22-15-23(34)10-11-25(22)38-30(44)21-9-12-27(41-13-5-4-6-14-41)26(16-21)39-31(45)29-24(20-7-8-20)18-42(40-29)19-33(35,36)37/h9-12,15-16,18,20H,4-8,13-14,17,19H2,1-3H3,(H,38,44)(H,39,45). The van der Waals surface area contributed by atoms with E-state index in [0.29, 0.717) is 16.9 Å². The molecule has 46 heavy (non-hydrogen) atoms. The quantitative estimate of drug-likeness (QED) is 0.195. The van der Waals surface area contributed by atoms with Crippen molar-refractivity contribution in [3.63, 3.8) is 0 Å². The molecule has 1 saturated heterocycles. The zero-order valence-electron chi connectivity index (χ0n) is 26.0. The summed E-state index contributed by atoms with van der Waals surface area (Å²) in [6, 6.07) is 8.48. The monoisotopic (exact) mass is 643 g/mol. The largest absolute Gasteiger partial charge is 0.460 e. The molecule has 1 aliphatic carbocycles. The molecule has 2 heterocycles. The minimum Gasteiger partial charge on any atom is -0.460 e. The third-order valence-electron chi connectivity index (χ3n) is 7.64. The van der Waals surface area contributed by atoms with Gasteiger partial charge in [0.15, 0.2) is 5.69 Å². The third-order valence-corrected chi connectivity index (χ3v) is 7.64. The summed E-state index contributed by atoms with van der Waals surface area (Å²) in [5.74, 6) is -2.46. The van der Waals surface area contributed by atoms with Gasteiger partial charge >= 0.3 is 12.1 Å². The molecule has 0 spiro atoms. The number of ether oxygens (including phenoxy) is 1. The molecule has 9 nitrogen and oxygen atoms in total. The van der Waals surface area contributed by atoms with E-state index in [1.165, 1.54) is 18.3 Å². The van der Waals surface area contributed by atoms with Gasteiger partial charge in [0, 0.05) is 36.1 Å². The van der Waals surface area contributed by atoms with Crippen LogP contribution in [0.2, 0.25) is 0 Å². The molecule has 1 aliphatic heterocycles. The number of rotatable bonds is 9. The number of carbonyl (C=O) groups is 3. The Morgan fingerprint density at radius 1 is 0.935 bits per heavy atom. The first-order valence-corrected chi connectivity index (χ1v) is 15.3. The maximum Gasteiger partial charge on any atom is 0.408 e. The van der Waals surface area contributed by atoms with E-state index in [0.717, 1.165) is 62.0 Å². The maximum absolute atomic E-state index is 14.1. The Balaban J connectivity index is 1.42. The van der Waals surface area contributed by atoms with Gasteiger partial charge in [0.1, 0.15) is 18.0 Å². The lowest BCUT2D eigenvalue weighted by atomic mass is 10.1. The summed E-state index contributed by atoms with van der Waals surface area (Å²) in [6.07, 6.45) is 0.960. The number of nitrogens with one attached hydrogen (secondary N) is 2. The number of hydrogen-bond acceptors (Lipinski definition) is 6. The van der Waals surface area contributed by atoms with Gasteiger partial charge in [0.2, 0.25) is 0 Å². The average molecular weight is 644 g/mol. The van der Waals surface area contributed by atoms with Crippen molar-refractivity contribution in [2.75, 3.05) is 28.6 Å². The number of halogens is 4. The molecule has 13 heteroatoms. The molecular formula is C33H37F4N5O4. The summed E-state index contributed by atoms with van der Waals surface area (Å²) < 4.78 is 59.6. The van der Waals surface area contributed by atoms with Gasteiger partial charge < -0.3 is 20.3 Å². The molecule has 1 saturated carbocycles. The van der Waals surface area contributed by atoms with Crippen LogP contribution in [0, 0.1) is 5.82 Å². The summed E-state index contributed by atoms with van der Waals surface area (Å²) >= 11 is 0. The summed E-state index contributed by atoms with van der Waals surface area (Å²) in [5.41, 5.74) is 1.21. The number of esters is 1. The van der Waals surface area contributed by atoms with Crippen molar-refractivity contribution in [1.82, 2.24) is 9.78 Å². The number of amides is 2. The molecule has 2 N–H and O–H groups in total. The Hall–Kier alpha value is -4.42. The fourth-order valence-electron chi connectivity index (χ4n) is 5.50. The van der Waals surface area contributed by atoms with Crippen LogP contribution in [0.15, 0.2) is 42.6 Å². The predicted molar refractivity (Wildman–Crippen MR) is 165 cm³/mol. The van der Waals surface area contributed by atoms with E-state index in [2.05, 4.69) is 20.6 Å². The summed E-state index contributed by atoms with van der Waals surface area (Å²) in [5, 5.41) is 9.54. The van der Waals surface area contributed by atoms with E-state index in [9.17, 15) is 31.9 Å². The van der Waals surface area contributed by atoms with Crippen molar-refractivity contribution in [3.05, 3.63) is 70.8 Å². The molecular weight excluding hydrogens is 606 g/mol. The van der Waals surface area contributed by atoms with E-state index >= 15 is 0 Å². The average Bonchev–Trinajstić information content (AvgIpc) is 3.73. The van der Waals surface area contributed by atoms with Gasteiger partial charge in [0.05, 0.1) is 17.8 Å². The zero-order valence-corrected chi connectivity index (χ0v) is 26.0. The van der Waals surface area contributed by atoms with Gasteiger partial charge in [-0.25, -0.2) is 4.39 Å². The Morgan fingerprint density at radius 3 is 2.28 bits per heavy atom. The van der Waals surface area contributed by atoms with E-state index in [1.54, 1.807) is 32.9 Å². The SMILES string of the molecule is CC(C)(C)OC(=O)Cc1cc(F)ccc1NC(=O)c1ccc(N2CCCCC2)c(NC(=O)c2nn(CC(F)(F)F)cc2C2CC2)c1. The first-order valence-electron chi connectivity index (χ1n) is 15.3. The van der Waals surface area contributed by atoms with Crippen LogP contribution in [0.5, 0.6) is 0 Å². The Kier molecular flexibility index (Phi) is 9.41. The van der Waals surface area contributed by atoms with Gasteiger partial charge in [0.25, 0.3) is 11.8 Å².